The zero-order valence-electron chi connectivity index (χ0n) is 10.3. The zero-order chi connectivity index (χ0) is 13.1. The normalized spacial score (nSPS) is 9.83. The average molecular weight is 239 g/mol. The van der Waals surface area contributed by atoms with Gasteiger partial charge in [0.25, 0.3) is 0 Å². The fourth-order valence-electron chi connectivity index (χ4n) is 1.76. The number of hydrogen-bond acceptors (Lipinski definition) is 4. The fraction of sp³-hybridized carbons (Fsp3) is 0.143. The summed E-state index contributed by atoms with van der Waals surface area (Å²) in [5, 5.41) is 8.89. The van der Waals surface area contributed by atoms with E-state index in [0.717, 1.165) is 22.6 Å². The molecule has 0 aliphatic rings. The summed E-state index contributed by atoms with van der Waals surface area (Å²) >= 11 is 0. The van der Waals surface area contributed by atoms with E-state index in [1.54, 1.807) is 13.2 Å². The molecule has 0 bridgehead atoms. The molecule has 4 heteroatoms. The first-order chi connectivity index (χ1) is 8.65. The number of nitriles is 1. The lowest BCUT2D eigenvalue weighted by molar-refractivity contribution is 0.415. The minimum absolute atomic E-state index is 0.258. The quantitative estimate of drug-likeness (QED) is 0.874. The second-order valence-electron chi connectivity index (χ2n) is 3.93. The van der Waals surface area contributed by atoms with Crippen LogP contribution in [0.15, 0.2) is 30.3 Å². The molecule has 0 radical (unpaired) electrons. The lowest BCUT2D eigenvalue weighted by atomic mass is 10.0. The lowest BCUT2D eigenvalue weighted by Gasteiger charge is -2.08. The molecule has 0 saturated carbocycles. The van der Waals surface area contributed by atoms with Crippen LogP contribution in [0.4, 0.5) is 5.82 Å². The molecule has 0 aliphatic heterocycles. The molecule has 0 fully saturated rings. The molecule has 0 amide bonds. The van der Waals surface area contributed by atoms with Crippen molar-refractivity contribution in [3.63, 3.8) is 0 Å². The van der Waals surface area contributed by atoms with Crippen LogP contribution in [0.25, 0.3) is 11.3 Å². The number of ether oxygens (including phenoxy) is 1. The maximum atomic E-state index is 8.89. The third kappa shape index (κ3) is 2.11. The van der Waals surface area contributed by atoms with E-state index in [4.69, 9.17) is 15.7 Å². The number of aryl methyl sites for hydroxylation is 1. The Balaban J connectivity index is 2.50. The van der Waals surface area contributed by atoms with Crippen molar-refractivity contribution in [2.75, 3.05) is 12.8 Å². The summed E-state index contributed by atoms with van der Waals surface area (Å²) in [6.07, 6.45) is 0. The van der Waals surface area contributed by atoms with Gasteiger partial charge in [-0.1, -0.05) is 0 Å². The molecule has 90 valence electrons. The Morgan fingerprint density at radius 3 is 2.50 bits per heavy atom. The molecule has 0 unspecified atom stereocenters. The van der Waals surface area contributed by atoms with E-state index >= 15 is 0 Å². The summed E-state index contributed by atoms with van der Waals surface area (Å²) in [6.45, 7) is 1.91. The first kappa shape index (κ1) is 11.9. The van der Waals surface area contributed by atoms with E-state index in [1.807, 2.05) is 37.3 Å². The van der Waals surface area contributed by atoms with Gasteiger partial charge in [-0.3, -0.25) is 0 Å². The summed E-state index contributed by atoms with van der Waals surface area (Å²) in [5.41, 5.74) is 8.80. The highest BCUT2D eigenvalue weighted by Crippen LogP contribution is 2.26. The summed E-state index contributed by atoms with van der Waals surface area (Å²) in [6, 6.07) is 11.3. The smallest absolute Gasteiger partial charge is 0.142 e. The molecule has 0 aliphatic carbocycles. The topological polar surface area (TPSA) is 71.9 Å². The molecular formula is C14H13N3O. The number of benzene rings is 1. The fourth-order valence-corrected chi connectivity index (χ4v) is 1.76. The Kier molecular flexibility index (Phi) is 3.16. The van der Waals surface area contributed by atoms with Gasteiger partial charge >= 0.3 is 0 Å². The van der Waals surface area contributed by atoms with Crippen molar-refractivity contribution in [2.24, 2.45) is 0 Å². The van der Waals surface area contributed by atoms with Gasteiger partial charge in [-0.05, 0) is 42.8 Å². The number of aromatic nitrogens is 1. The minimum atomic E-state index is 0.258. The number of hydrogen-bond donors (Lipinski definition) is 1. The van der Waals surface area contributed by atoms with E-state index in [9.17, 15) is 0 Å². The summed E-state index contributed by atoms with van der Waals surface area (Å²) in [7, 11) is 1.62. The maximum absolute atomic E-state index is 8.89. The number of nitrogens with two attached hydrogens (primary N) is 1. The molecule has 0 atom stereocenters. The molecule has 1 aromatic heterocycles. The highest BCUT2D eigenvalue weighted by atomic mass is 16.5. The number of nitrogen functional groups attached to an aromatic ring is 1. The van der Waals surface area contributed by atoms with Crippen LogP contribution in [-0.4, -0.2) is 12.1 Å². The first-order valence-corrected chi connectivity index (χ1v) is 5.47. The van der Waals surface area contributed by atoms with Gasteiger partial charge in [-0.15, -0.1) is 0 Å². The second kappa shape index (κ2) is 4.76. The van der Waals surface area contributed by atoms with E-state index in [-0.39, 0.29) is 5.82 Å². The van der Waals surface area contributed by atoms with Crippen molar-refractivity contribution >= 4 is 5.82 Å². The Morgan fingerprint density at radius 1 is 1.28 bits per heavy atom. The van der Waals surface area contributed by atoms with Crippen LogP contribution < -0.4 is 10.5 Å². The van der Waals surface area contributed by atoms with Crippen LogP contribution in [0.3, 0.4) is 0 Å². The van der Waals surface area contributed by atoms with Gasteiger partial charge in [0.15, 0.2) is 0 Å². The van der Waals surface area contributed by atoms with Gasteiger partial charge in [0, 0.05) is 5.56 Å². The van der Waals surface area contributed by atoms with E-state index in [0.29, 0.717) is 5.56 Å². The summed E-state index contributed by atoms with van der Waals surface area (Å²) in [5.74, 6) is 1.05. The van der Waals surface area contributed by atoms with Gasteiger partial charge in [0.1, 0.15) is 17.6 Å². The van der Waals surface area contributed by atoms with Gasteiger partial charge < -0.3 is 10.5 Å². The Labute approximate surface area is 106 Å². The standard InChI is InChI=1S/C14H13N3O/c1-9-7-11(8-15)14(16)17-13(9)10-3-5-12(18-2)6-4-10/h3-7H,1-2H3,(H2,16,17). The van der Waals surface area contributed by atoms with E-state index in [1.165, 1.54) is 0 Å². The van der Waals surface area contributed by atoms with Crippen molar-refractivity contribution in [1.82, 2.24) is 4.98 Å². The Bertz CT molecular complexity index is 612. The van der Waals surface area contributed by atoms with Crippen molar-refractivity contribution < 1.29 is 4.74 Å². The zero-order valence-corrected chi connectivity index (χ0v) is 10.3. The molecule has 2 N–H and O–H groups in total. The predicted molar refractivity (Wildman–Crippen MR) is 70.1 cm³/mol. The SMILES string of the molecule is COc1ccc(-c2nc(N)c(C#N)cc2C)cc1. The third-order valence-corrected chi connectivity index (χ3v) is 2.73. The maximum Gasteiger partial charge on any atom is 0.142 e. The van der Waals surface area contributed by atoms with Crippen molar-refractivity contribution in [3.8, 4) is 23.1 Å². The van der Waals surface area contributed by atoms with E-state index < -0.39 is 0 Å². The van der Waals surface area contributed by atoms with Crippen molar-refractivity contribution in [2.45, 2.75) is 6.92 Å². The Hall–Kier alpha value is -2.54. The Morgan fingerprint density at radius 2 is 1.94 bits per heavy atom. The largest absolute Gasteiger partial charge is 0.497 e. The first-order valence-electron chi connectivity index (χ1n) is 5.47. The van der Waals surface area contributed by atoms with Gasteiger partial charge in [0.05, 0.1) is 18.4 Å². The van der Waals surface area contributed by atoms with Crippen molar-refractivity contribution in [3.05, 3.63) is 41.5 Å². The number of nitrogens with zero attached hydrogens (tertiary/aromatic N) is 2. The average Bonchev–Trinajstić information content (AvgIpc) is 2.41. The van der Waals surface area contributed by atoms with Crippen molar-refractivity contribution in [1.29, 1.82) is 5.26 Å². The molecule has 2 aromatic rings. The summed E-state index contributed by atoms with van der Waals surface area (Å²) < 4.78 is 5.11. The van der Waals surface area contributed by atoms with Crippen LogP contribution >= 0.6 is 0 Å². The number of anilines is 1. The lowest BCUT2D eigenvalue weighted by Crippen LogP contribution is -1.99. The number of pyridine rings is 1. The number of methoxy groups -OCH3 is 1. The highest BCUT2D eigenvalue weighted by Gasteiger charge is 2.08. The van der Waals surface area contributed by atoms with Crippen LogP contribution in [-0.2, 0) is 0 Å². The molecule has 4 nitrogen and oxygen atoms in total. The van der Waals surface area contributed by atoms with Gasteiger partial charge in [-0.2, -0.15) is 5.26 Å². The monoisotopic (exact) mass is 239 g/mol. The molecule has 2 rings (SSSR count). The van der Waals surface area contributed by atoms with Crippen LogP contribution in [0.5, 0.6) is 5.75 Å². The summed E-state index contributed by atoms with van der Waals surface area (Å²) in [4.78, 5) is 4.28. The highest BCUT2D eigenvalue weighted by molar-refractivity contribution is 5.68. The second-order valence-corrected chi connectivity index (χ2v) is 3.93. The molecule has 0 spiro atoms. The molecule has 1 heterocycles. The van der Waals surface area contributed by atoms with Gasteiger partial charge in [0.2, 0.25) is 0 Å². The van der Waals surface area contributed by atoms with Gasteiger partial charge in [-0.25, -0.2) is 4.98 Å². The number of rotatable bonds is 2. The molecular weight excluding hydrogens is 226 g/mol. The molecule has 18 heavy (non-hydrogen) atoms. The predicted octanol–water partition coefficient (Wildman–Crippen LogP) is 2.52. The molecule has 1 aromatic carbocycles. The van der Waals surface area contributed by atoms with E-state index in [2.05, 4.69) is 4.98 Å². The van der Waals surface area contributed by atoms with Crippen LogP contribution in [0.1, 0.15) is 11.1 Å². The molecule has 0 saturated heterocycles. The van der Waals surface area contributed by atoms with Crippen LogP contribution in [0.2, 0.25) is 0 Å². The third-order valence-electron chi connectivity index (χ3n) is 2.73. The minimum Gasteiger partial charge on any atom is -0.497 e. The van der Waals surface area contributed by atoms with Crippen LogP contribution in [0, 0.1) is 18.3 Å².